The van der Waals surface area contributed by atoms with Crippen LogP contribution in [0, 0.1) is 5.82 Å². The molecule has 1 aliphatic heterocycles. The number of carbonyl (C=O) groups is 1. The lowest BCUT2D eigenvalue weighted by Gasteiger charge is -2.31. The molecule has 2 aromatic heterocycles. The average molecular weight is 432 g/mol. The Labute approximate surface area is 176 Å². The Hall–Kier alpha value is -2.97. The van der Waals surface area contributed by atoms with Crippen LogP contribution >= 0.6 is 11.6 Å². The fourth-order valence-electron chi connectivity index (χ4n) is 3.48. The maximum atomic E-state index is 14.1. The first kappa shape index (κ1) is 20.3. The highest BCUT2D eigenvalue weighted by atomic mass is 35.5. The van der Waals surface area contributed by atoms with Gasteiger partial charge in [-0.25, -0.2) is 14.2 Å². The summed E-state index contributed by atoms with van der Waals surface area (Å²) in [6.45, 7) is 4.29. The molecule has 9 heteroatoms. The number of fused-ring (bicyclic) bond motifs is 1. The van der Waals surface area contributed by atoms with Crippen LogP contribution in [-0.4, -0.2) is 48.4 Å². The summed E-state index contributed by atoms with van der Waals surface area (Å²) in [7, 11) is 0. The van der Waals surface area contributed by atoms with Crippen molar-refractivity contribution in [2.45, 2.75) is 6.92 Å². The Morgan fingerprint density at radius 2 is 1.97 bits per heavy atom. The number of aromatic nitrogens is 2. The quantitative estimate of drug-likeness (QED) is 0.466. The summed E-state index contributed by atoms with van der Waals surface area (Å²) in [6.07, 6.45) is 1.38. The van der Waals surface area contributed by atoms with Crippen LogP contribution in [0.5, 0.6) is 0 Å². The molecule has 3 aromatic rings. The van der Waals surface area contributed by atoms with E-state index in [2.05, 4.69) is 9.88 Å². The molecule has 30 heavy (non-hydrogen) atoms. The normalized spacial score (nSPS) is 14.2. The predicted octanol–water partition coefficient (Wildman–Crippen LogP) is 3.19. The van der Waals surface area contributed by atoms with Crippen molar-refractivity contribution in [1.82, 2.24) is 9.55 Å². The summed E-state index contributed by atoms with van der Waals surface area (Å²) in [5.41, 5.74) is 0.823. The number of morpholine rings is 1. The summed E-state index contributed by atoms with van der Waals surface area (Å²) in [6, 6.07) is 8.50. The Morgan fingerprint density at radius 3 is 2.67 bits per heavy atom. The van der Waals surface area contributed by atoms with E-state index in [9.17, 15) is 14.0 Å². The van der Waals surface area contributed by atoms with Crippen LogP contribution in [0.1, 0.15) is 17.3 Å². The topological polar surface area (TPSA) is 73.7 Å². The number of halogens is 2. The molecule has 0 atom stereocenters. The van der Waals surface area contributed by atoms with Gasteiger partial charge in [0.1, 0.15) is 11.2 Å². The molecule has 0 amide bonds. The van der Waals surface area contributed by atoms with E-state index in [1.165, 1.54) is 6.20 Å². The number of anilines is 1. The minimum atomic E-state index is -0.838. The van der Waals surface area contributed by atoms with Gasteiger partial charge in [-0.3, -0.25) is 9.36 Å². The van der Waals surface area contributed by atoms with Crippen molar-refractivity contribution < 1.29 is 18.7 Å². The van der Waals surface area contributed by atoms with E-state index in [-0.39, 0.29) is 28.4 Å². The third-order valence-corrected chi connectivity index (χ3v) is 5.14. The molecule has 1 aromatic carbocycles. The first-order valence-electron chi connectivity index (χ1n) is 9.52. The van der Waals surface area contributed by atoms with Gasteiger partial charge in [0.2, 0.25) is 5.43 Å². The number of ether oxygens (including phenoxy) is 2. The maximum Gasteiger partial charge on any atom is 0.343 e. The molecule has 0 spiro atoms. The van der Waals surface area contributed by atoms with Crippen LogP contribution in [-0.2, 0) is 9.47 Å². The molecule has 156 valence electrons. The van der Waals surface area contributed by atoms with Gasteiger partial charge in [0.25, 0.3) is 0 Å². The van der Waals surface area contributed by atoms with E-state index < -0.39 is 17.2 Å². The standard InChI is InChI=1S/C21H19ClFN3O4/c1-2-30-21(28)14-12-26(20-13(18(14)27)11-15(23)19(22)24-20)17-6-4-3-5-16(17)25-7-9-29-10-8-25/h3-6,11-12H,2,7-10H2,1H3. The Balaban J connectivity index is 2.01. The van der Waals surface area contributed by atoms with Crippen LogP contribution in [0.15, 0.2) is 41.3 Å². The van der Waals surface area contributed by atoms with Crippen LogP contribution in [0.25, 0.3) is 16.7 Å². The molecule has 1 fully saturated rings. The van der Waals surface area contributed by atoms with Gasteiger partial charge in [-0.05, 0) is 25.1 Å². The lowest BCUT2D eigenvalue weighted by molar-refractivity contribution is 0.0524. The number of hydrogen-bond acceptors (Lipinski definition) is 6. The number of pyridine rings is 2. The molecule has 0 aliphatic carbocycles. The first-order chi connectivity index (χ1) is 14.5. The van der Waals surface area contributed by atoms with Crippen molar-refractivity contribution in [3.05, 3.63) is 63.3 Å². The third-order valence-electron chi connectivity index (χ3n) is 4.88. The number of benzene rings is 1. The van der Waals surface area contributed by atoms with Crippen molar-refractivity contribution in [1.29, 1.82) is 0 Å². The molecule has 1 aliphatic rings. The van der Waals surface area contributed by atoms with E-state index in [0.717, 1.165) is 11.8 Å². The van der Waals surface area contributed by atoms with Gasteiger partial charge in [-0.15, -0.1) is 0 Å². The summed E-state index contributed by atoms with van der Waals surface area (Å²) in [4.78, 5) is 31.6. The van der Waals surface area contributed by atoms with Gasteiger partial charge in [0.05, 0.1) is 36.6 Å². The number of hydrogen-bond donors (Lipinski definition) is 0. The highest BCUT2D eigenvalue weighted by molar-refractivity contribution is 6.29. The van der Waals surface area contributed by atoms with Gasteiger partial charge in [0.15, 0.2) is 11.0 Å². The van der Waals surface area contributed by atoms with E-state index in [0.29, 0.717) is 32.0 Å². The summed E-state index contributed by atoms with van der Waals surface area (Å²) < 4.78 is 26.2. The monoisotopic (exact) mass is 431 g/mol. The number of esters is 1. The zero-order valence-corrected chi connectivity index (χ0v) is 17.0. The predicted molar refractivity (Wildman–Crippen MR) is 111 cm³/mol. The van der Waals surface area contributed by atoms with E-state index in [1.54, 1.807) is 11.5 Å². The lowest BCUT2D eigenvalue weighted by atomic mass is 10.1. The minimum Gasteiger partial charge on any atom is -0.462 e. The van der Waals surface area contributed by atoms with Crippen molar-refractivity contribution in [2.24, 2.45) is 0 Å². The number of para-hydroxylation sites is 2. The maximum absolute atomic E-state index is 14.1. The molecule has 1 saturated heterocycles. The van der Waals surface area contributed by atoms with Crippen molar-refractivity contribution in [3.63, 3.8) is 0 Å². The molecular weight excluding hydrogens is 413 g/mol. The van der Waals surface area contributed by atoms with Gasteiger partial charge in [-0.1, -0.05) is 23.7 Å². The highest BCUT2D eigenvalue weighted by Crippen LogP contribution is 2.28. The number of nitrogens with zero attached hydrogens (tertiary/aromatic N) is 3. The molecule has 0 saturated carbocycles. The number of rotatable bonds is 4. The van der Waals surface area contributed by atoms with E-state index in [4.69, 9.17) is 21.1 Å². The van der Waals surface area contributed by atoms with Crippen molar-refractivity contribution in [2.75, 3.05) is 37.8 Å². The second-order valence-electron chi connectivity index (χ2n) is 6.68. The van der Waals surface area contributed by atoms with Crippen LogP contribution in [0.3, 0.4) is 0 Å². The minimum absolute atomic E-state index is 0.0563. The van der Waals surface area contributed by atoms with Gasteiger partial charge < -0.3 is 14.4 Å². The largest absolute Gasteiger partial charge is 0.462 e. The molecular formula is C21H19ClFN3O4. The zero-order chi connectivity index (χ0) is 21.3. The van der Waals surface area contributed by atoms with Crippen molar-refractivity contribution >= 4 is 34.3 Å². The fourth-order valence-corrected chi connectivity index (χ4v) is 3.61. The van der Waals surface area contributed by atoms with E-state index >= 15 is 0 Å². The SMILES string of the molecule is CCOC(=O)c1cn(-c2ccccc2N2CCOCC2)c2nc(Cl)c(F)cc2c1=O. The van der Waals surface area contributed by atoms with Gasteiger partial charge >= 0.3 is 5.97 Å². The molecule has 0 bridgehead atoms. The highest BCUT2D eigenvalue weighted by Gasteiger charge is 2.22. The molecule has 3 heterocycles. The summed E-state index contributed by atoms with van der Waals surface area (Å²) in [5.74, 6) is -1.62. The second-order valence-corrected chi connectivity index (χ2v) is 7.04. The Kier molecular flexibility index (Phi) is 5.69. The van der Waals surface area contributed by atoms with Crippen LogP contribution < -0.4 is 10.3 Å². The third kappa shape index (κ3) is 3.64. The molecule has 4 rings (SSSR count). The number of carbonyl (C=O) groups excluding carboxylic acids is 1. The van der Waals surface area contributed by atoms with E-state index in [1.807, 2.05) is 24.3 Å². The van der Waals surface area contributed by atoms with Crippen molar-refractivity contribution in [3.8, 4) is 5.69 Å². The van der Waals surface area contributed by atoms with Crippen LogP contribution in [0.2, 0.25) is 5.15 Å². The molecule has 0 N–H and O–H groups in total. The Bertz CT molecular complexity index is 1170. The molecule has 0 radical (unpaired) electrons. The lowest BCUT2D eigenvalue weighted by Crippen LogP contribution is -2.36. The fraction of sp³-hybridized carbons (Fsp3) is 0.286. The van der Waals surface area contributed by atoms with Gasteiger partial charge in [0, 0.05) is 19.3 Å². The van der Waals surface area contributed by atoms with Crippen LogP contribution in [0.4, 0.5) is 10.1 Å². The summed E-state index contributed by atoms with van der Waals surface area (Å²) >= 11 is 5.92. The zero-order valence-electron chi connectivity index (χ0n) is 16.2. The second kappa shape index (κ2) is 8.41. The first-order valence-corrected chi connectivity index (χ1v) is 9.89. The molecule has 7 nitrogen and oxygen atoms in total. The summed E-state index contributed by atoms with van der Waals surface area (Å²) in [5, 5.41) is -0.414. The molecule has 0 unspecified atom stereocenters. The average Bonchev–Trinajstić information content (AvgIpc) is 2.76. The Morgan fingerprint density at radius 1 is 1.27 bits per heavy atom. The van der Waals surface area contributed by atoms with Gasteiger partial charge in [-0.2, -0.15) is 0 Å². The smallest absolute Gasteiger partial charge is 0.343 e.